The number of ketones is 2. The fourth-order valence-corrected chi connectivity index (χ4v) is 4.05. The summed E-state index contributed by atoms with van der Waals surface area (Å²) in [4.78, 5) is 31.9. The quantitative estimate of drug-likeness (QED) is 0.692. The summed E-state index contributed by atoms with van der Waals surface area (Å²) in [6.45, 7) is 7.43. The highest BCUT2D eigenvalue weighted by Gasteiger charge is 2.19. The number of aryl methyl sites for hydroxylation is 2. The maximum Gasteiger partial charge on any atom is 0.205 e. The molecule has 2 saturated heterocycles. The van der Waals surface area contributed by atoms with Crippen molar-refractivity contribution in [2.24, 2.45) is 0 Å². The predicted molar refractivity (Wildman–Crippen MR) is 124 cm³/mol. The van der Waals surface area contributed by atoms with Gasteiger partial charge in [-0.25, -0.2) is 9.97 Å². The Balaban J connectivity index is 0.000000241. The molecular formula is C18H28Cl2N6O2S2. The van der Waals surface area contributed by atoms with Crippen LogP contribution in [0.2, 0.25) is 4.47 Å². The van der Waals surface area contributed by atoms with Crippen molar-refractivity contribution in [2.75, 3.05) is 31.1 Å². The molecule has 4 rings (SSSR count). The number of anilines is 1. The second-order valence-corrected chi connectivity index (χ2v) is 8.54. The van der Waals surface area contributed by atoms with E-state index in [2.05, 4.69) is 28.9 Å². The largest absolute Gasteiger partial charge is 0.346 e. The molecule has 30 heavy (non-hydrogen) atoms. The van der Waals surface area contributed by atoms with Gasteiger partial charge in [0.15, 0.2) is 0 Å². The number of rotatable bonds is 3. The third kappa shape index (κ3) is 9.74. The first kappa shape index (κ1) is 26.8. The lowest BCUT2D eigenvalue weighted by atomic mass is 10.1. The lowest BCUT2D eigenvalue weighted by molar-refractivity contribution is -0.120. The minimum absolute atomic E-state index is 0. The van der Waals surface area contributed by atoms with Crippen LogP contribution in [0, 0.1) is 0 Å². The second kappa shape index (κ2) is 14.7. The number of nitrogens with one attached hydrogen (secondary N) is 1. The Bertz CT molecular complexity index is 768. The molecule has 12 heteroatoms. The Hall–Kier alpha value is -1.20. The zero-order valence-corrected chi connectivity index (χ0v) is 20.4. The van der Waals surface area contributed by atoms with Gasteiger partial charge in [0.1, 0.15) is 23.2 Å². The summed E-state index contributed by atoms with van der Waals surface area (Å²) in [5.74, 6) is 2.50. The number of Topliss-reactive ketones (excluding diaryl/α,β-unsaturated/α-hetero) is 2. The predicted octanol–water partition coefficient (Wildman–Crippen LogP) is 3.38. The third-order valence-electron chi connectivity index (χ3n) is 4.29. The summed E-state index contributed by atoms with van der Waals surface area (Å²) in [5, 5.41) is 4.06. The molecule has 0 saturated carbocycles. The summed E-state index contributed by atoms with van der Waals surface area (Å²) in [6, 6.07) is 0. The minimum Gasteiger partial charge on any atom is -0.346 e. The maximum absolute atomic E-state index is 11.0. The molecule has 2 fully saturated rings. The van der Waals surface area contributed by atoms with E-state index in [-0.39, 0.29) is 12.4 Å². The number of hydrogen-bond acceptors (Lipinski definition) is 10. The molecule has 2 aromatic heterocycles. The first-order valence-corrected chi connectivity index (χ1v) is 11.7. The SMILES string of the molecule is CCc1nsc(Cl)n1.CCc1nsc(N2CCC(=O)CC2)n1.Cl.O=C1CCNCC1. The maximum atomic E-state index is 11.0. The molecule has 2 aliphatic heterocycles. The molecular weight excluding hydrogens is 467 g/mol. The van der Waals surface area contributed by atoms with Crippen LogP contribution in [0.5, 0.6) is 0 Å². The van der Waals surface area contributed by atoms with E-state index in [9.17, 15) is 9.59 Å². The fraction of sp³-hybridized carbons (Fsp3) is 0.667. The number of nitrogens with zero attached hydrogens (tertiary/aromatic N) is 5. The molecule has 168 valence electrons. The molecule has 0 aromatic carbocycles. The van der Waals surface area contributed by atoms with Gasteiger partial charge in [0.2, 0.25) is 9.60 Å². The molecule has 0 amide bonds. The normalized spacial score (nSPS) is 16.0. The smallest absolute Gasteiger partial charge is 0.205 e. The zero-order chi connectivity index (χ0) is 21.1. The molecule has 0 radical (unpaired) electrons. The Morgan fingerprint density at radius 1 is 0.900 bits per heavy atom. The zero-order valence-electron chi connectivity index (χ0n) is 17.2. The molecule has 8 nitrogen and oxygen atoms in total. The fourth-order valence-electron chi connectivity index (χ4n) is 2.55. The number of halogens is 2. The average Bonchev–Trinajstić information content (AvgIpc) is 3.39. The van der Waals surface area contributed by atoms with Gasteiger partial charge < -0.3 is 10.2 Å². The van der Waals surface area contributed by atoms with Crippen LogP contribution in [0.25, 0.3) is 0 Å². The molecule has 2 aliphatic rings. The Morgan fingerprint density at radius 3 is 1.83 bits per heavy atom. The van der Waals surface area contributed by atoms with E-state index in [0.717, 1.165) is 68.6 Å². The van der Waals surface area contributed by atoms with Gasteiger partial charge in [-0.1, -0.05) is 13.8 Å². The van der Waals surface area contributed by atoms with Crippen molar-refractivity contribution in [2.45, 2.75) is 52.4 Å². The average molecular weight is 496 g/mol. The molecule has 0 atom stereocenters. The molecule has 2 aromatic rings. The highest BCUT2D eigenvalue weighted by molar-refractivity contribution is 7.10. The molecule has 0 bridgehead atoms. The lowest BCUT2D eigenvalue weighted by Gasteiger charge is -2.24. The van der Waals surface area contributed by atoms with Crippen molar-refractivity contribution in [3.63, 3.8) is 0 Å². The summed E-state index contributed by atoms with van der Waals surface area (Å²) < 4.78 is 8.70. The van der Waals surface area contributed by atoms with Crippen LogP contribution in [0.4, 0.5) is 5.13 Å². The highest BCUT2D eigenvalue weighted by atomic mass is 35.5. The summed E-state index contributed by atoms with van der Waals surface area (Å²) in [5.41, 5.74) is 0. The topological polar surface area (TPSA) is 101 Å². The van der Waals surface area contributed by atoms with Gasteiger partial charge in [0.25, 0.3) is 0 Å². The summed E-state index contributed by atoms with van der Waals surface area (Å²) in [7, 11) is 0. The summed E-state index contributed by atoms with van der Waals surface area (Å²) >= 11 is 8.15. The standard InChI is InChI=1S/C9H13N3OS.C5H9NO.C4H5ClN2S.ClH/c1-2-8-10-9(14-11-8)12-5-3-7(13)4-6-12;7-5-1-3-6-4-2-5;1-2-3-6-4(5)8-7-3;/h2-6H2,1H3;6H,1-4H2;2H2,1H3;1H. The van der Waals surface area contributed by atoms with Crippen LogP contribution < -0.4 is 10.2 Å². The molecule has 0 spiro atoms. The summed E-state index contributed by atoms with van der Waals surface area (Å²) in [6.07, 6.45) is 4.52. The number of carbonyl (C=O) groups is 2. The van der Waals surface area contributed by atoms with Crippen LogP contribution in [0.1, 0.15) is 51.2 Å². The van der Waals surface area contributed by atoms with E-state index in [1.165, 1.54) is 23.1 Å². The molecule has 1 N–H and O–H groups in total. The van der Waals surface area contributed by atoms with Gasteiger partial charge in [0, 0.05) is 76.2 Å². The number of carbonyl (C=O) groups excluding carboxylic acids is 2. The minimum atomic E-state index is 0. The van der Waals surface area contributed by atoms with E-state index in [1.54, 1.807) is 0 Å². The van der Waals surface area contributed by atoms with Crippen molar-refractivity contribution >= 4 is 63.8 Å². The Morgan fingerprint density at radius 2 is 1.43 bits per heavy atom. The van der Waals surface area contributed by atoms with Crippen molar-refractivity contribution < 1.29 is 9.59 Å². The van der Waals surface area contributed by atoms with Gasteiger partial charge in [-0.15, -0.1) is 12.4 Å². The van der Waals surface area contributed by atoms with Gasteiger partial charge in [0.05, 0.1) is 0 Å². The Kier molecular flexibility index (Phi) is 13.2. The first-order valence-electron chi connectivity index (χ1n) is 9.81. The van der Waals surface area contributed by atoms with Gasteiger partial charge in [-0.05, 0) is 23.1 Å². The number of hydrogen-bond donors (Lipinski definition) is 1. The highest BCUT2D eigenvalue weighted by Crippen LogP contribution is 2.20. The van der Waals surface area contributed by atoms with E-state index < -0.39 is 0 Å². The van der Waals surface area contributed by atoms with Crippen molar-refractivity contribution in [3.8, 4) is 0 Å². The van der Waals surface area contributed by atoms with Crippen molar-refractivity contribution in [3.05, 3.63) is 16.1 Å². The first-order chi connectivity index (χ1) is 14.0. The van der Waals surface area contributed by atoms with Gasteiger partial charge >= 0.3 is 0 Å². The van der Waals surface area contributed by atoms with Crippen molar-refractivity contribution in [1.82, 2.24) is 24.0 Å². The van der Waals surface area contributed by atoms with Crippen LogP contribution in [0.3, 0.4) is 0 Å². The van der Waals surface area contributed by atoms with E-state index >= 15 is 0 Å². The van der Waals surface area contributed by atoms with Crippen molar-refractivity contribution in [1.29, 1.82) is 0 Å². The molecule has 0 unspecified atom stereocenters. The van der Waals surface area contributed by atoms with Crippen LogP contribution in [-0.4, -0.2) is 56.5 Å². The Labute approximate surface area is 196 Å². The van der Waals surface area contributed by atoms with Crippen LogP contribution in [0.15, 0.2) is 0 Å². The van der Waals surface area contributed by atoms with E-state index in [0.29, 0.717) is 28.9 Å². The van der Waals surface area contributed by atoms with Crippen LogP contribution >= 0.6 is 47.1 Å². The van der Waals surface area contributed by atoms with E-state index in [1.807, 2.05) is 13.8 Å². The van der Waals surface area contributed by atoms with Gasteiger partial charge in [-0.2, -0.15) is 8.75 Å². The second-order valence-electron chi connectivity index (χ2n) is 6.48. The third-order valence-corrected chi connectivity index (χ3v) is 5.94. The van der Waals surface area contributed by atoms with E-state index in [4.69, 9.17) is 11.6 Å². The van der Waals surface area contributed by atoms with Gasteiger partial charge in [-0.3, -0.25) is 9.59 Å². The monoisotopic (exact) mass is 494 g/mol. The van der Waals surface area contributed by atoms with Crippen LogP contribution in [-0.2, 0) is 22.4 Å². The number of piperidine rings is 2. The molecule has 0 aliphatic carbocycles. The molecule has 4 heterocycles. The number of aromatic nitrogens is 4. The lowest BCUT2D eigenvalue weighted by Crippen LogP contribution is -2.33.